The molecule has 0 aliphatic heterocycles. The Hall–Kier alpha value is -1.59. The fourth-order valence-electron chi connectivity index (χ4n) is 1.93. The Bertz CT molecular complexity index is 363. The van der Waals surface area contributed by atoms with Gasteiger partial charge in [0.05, 0.1) is 0 Å². The van der Waals surface area contributed by atoms with Gasteiger partial charge in [0.25, 0.3) is 0 Å². The van der Waals surface area contributed by atoms with Crippen molar-refractivity contribution in [3.8, 4) is 0 Å². The van der Waals surface area contributed by atoms with Crippen molar-refractivity contribution in [2.24, 2.45) is 17.8 Å². The van der Waals surface area contributed by atoms with E-state index in [1.807, 2.05) is 11.6 Å². The molecular formula is C10H18N6. The van der Waals surface area contributed by atoms with Crippen molar-refractivity contribution in [1.82, 2.24) is 20.1 Å². The number of nitrogens with two attached hydrogens (primary N) is 1. The van der Waals surface area contributed by atoms with Gasteiger partial charge in [-0.2, -0.15) is 0 Å². The molecule has 88 valence electrons. The summed E-state index contributed by atoms with van der Waals surface area (Å²) in [5, 5.41) is 11.0. The van der Waals surface area contributed by atoms with Crippen molar-refractivity contribution < 1.29 is 0 Å². The maximum atomic E-state index is 5.80. The van der Waals surface area contributed by atoms with Crippen LogP contribution in [0.1, 0.15) is 31.5 Å². The highest BCUT2D eigenvalue weighted by Gasteiger charge is 2.14. The highest BCUT2D eigenvalue weighted by molar-refractivity contribution is 5.78. The fourth-order valence-corrected chi connectivity index (χ4v) is 1.93. The van der Waals surface area contributed by atoms with E-state index >= 15 is 0 Å². The Labute approximate surface area is 95.0 Å². The lowest BCUT2D eigenvalue weighted by Gasteiger charge is -2.11. The standard InChI is InChI=1S/C10H18N6/c1-16-7-13-15-9(16)6-12-10(11)14-8-4-2-3-5-8/h7-8H,2-6H2,1H3,(H3,11,12,14). The van der Waals surface area contributed by atoms with Crippen LogP contribution < -0.4 is 11.1 Å². The van der Waals surface area contributed by atoms with Gasteiger partial charge in [0, 0.05) is 13.1 Å². The summed E-state index contributed by atoms with van der Waals surface area (Å²) < 4.78 is 1.84. The van der Waals surface area contributed by atoms with Crippen molar-refractivity contribution in [2.45, 2.75) is 38.3 Å². The summed E-state index contributed by atoms with van der Waals surface area (Å²) in [6, 6.07) is 0.503. The van der Waals surface area contributed by atoms with E-state index in [1.165, 1.54) is 25.7 Å². The number of hydrogen-bond acceptors (Lipinski definition) is 3. The van der Waals surface area contributed by atoms with Crippen LogP contribution in [0.4, 0.5) is 0 Å². The quantitative estimate of drug-likeness (QED) is 0.564. The number of aryl methyl sites for hydroxylation is 1. The number of rotatable bonds is 3. The van der Waals surface area contributed by atoms with Crippen LogP contribution >= 0.6 is 0 Å². The average molecular weight is 222 g/mol. The van der Waals surface area contributed by atoms with Gasteiger partial charge < -0.3 is 15.6 Å². The first-order valence-corrected chi connectivity index (χ1v) is 5.65. The number of guanidine groups is 1. The van der Waals surface area contributed by atoms with Crippen LogP contribution in [0.5, 0.6) is 0 Å². The van der Waals surface area contributed by atoms with E-state index in [9.17, 15) is 0 Å². The molecule has 1 aromatic rings. The van der Waals surface area contributed by atoms with E-state index in [4.69, 9.17) is 5.73 Å². The lowest BCUT2D eigenvalue weighted by Crippen LogP contribution is -2.38. The van der Waals surface area contributed by atoms with Gasteiger partial charge in [0.2, 0.25) is 0 Å². The Morgan fingerprint density at radius 3 is 3.00 bits per heavy atom. The highest BCUT2D eigenvalue weighted by atomic mass is 15.3. The third-order valence-corrected chi connectivity index (χ3v) is 2.90. The molecular weight excluding hydrogens is 204 g/mol. The molecule has 0 aromatic carbocycles. The van der Waals surface area contributed by atoms with E-state index in [-0.39, 0.29) is 0 Å². The minimum atomic E-state index is 0.474. The number of hydrogen-bond donors (Lipinski definition) is 2. The maximum Gasteiger partial charge on any atom is 0.189 e. The summed E-state index contributed by atoms with van der Waals surface area (Å²) in [5.41, 5.74) is 5.80. The molecule has 0 unspecified atom stereocenters. The molecule has 0 radical (unpaired) electrons. The van der Waals surface area contributed by atoms with Crippen LogP contribution in [0.25, 0.3) is 0 Å². The third kappa shape index (κ3) is 2.71. The minimum Gasteiger partial charge on any atom is -0.370 e. The molecule has 3 N–H and O–H groups in total. The second-order valence-electron chi connectivity index (χ2n) is 4.19. The average Bonchev–Trinajstić information content (AvgIpc) is 2.87. The molecule has 1 heterocycles. The summed E-state index contributed by atoms with van der Waals surface area (Å²) >= 11 is 0. The Kier molecular flexibility index (Phi) is 3.38. The molecule has 1 saturated carbocycles. The Morgan fingerprint density at radius 2 is 2.38 bits per heavy atom. The van der Waals surface area contributed by atoms with Gasteiger partial charge in [-0.15, -0.1) is 10.2 Å². The summed E-state index contributed by atoms with van der Waals surface area (Å²) in [7, 11) is 1.89. The first-order valence-electron chi connectivity index (χ1n) is 5.65. The molecule has 6 nitrogen and oxygen atoms in total. The second kappa shape index (κ2) is 4.96. The largest absolute Gasteiger partial charge is 0.370 e. The molecule has 2 rings (SSSR count). The molecule has 0 bridgehead atoms. The number of aliphatic imine (C=N–C) groups is 1. The van der Waals surface area contributed by atoms with Gasteiger partial charge in [-0.05, 0) is 12.8 Å². The molecule has 1 aromatic heterocycles. The van der Waals surface area contributed by atoms with Crippen LogP contribution in [0.15, 0.2) is 11.3 Å². The van der Waals surface area contributed by atoms with E-state index in [0.29, 0.717) is 18.5 Å². The molecule has 1 aliphatic rings. The highest BCUT2D eigenvalue weighted by Crippen LogP contribution is 2.17. The monoisotopic (exact) mass is 222 g/mol. The summed E-state index contributed by atoms with van der Waals surface area (Å²) in [6.45, 7) is 0.474. The van der Waals surface area contributed by atoms with Gasteiger partial charge in [0.15, 0.2) is 11.8 Å². The van der Waals surface area contributed by atoms with Crippen LogP contribution in [0.2, 0.25) is 0 Å². The van der Waals surface area contributed by atoms with Gasteiger partial charge >= 0.3 is 0 Å². The molecule has 0 atom stereocenters. The lowest BCUT2D eigenvalue weighted by atomic mass is 10.2. The SMILES string of the molecule is Cn1cnnc1CN=C(N)NC1CCCC1. The number of nitrogens with zero attached hydrogens (tertiary/aromatic N) is 4. The van der Waals surface area contributed by atoms with Crippen molar-refractivity contribution in [1.29, 1.82) is 0 Å². The Morgan fingerprint density at radius 1 is 1.62 bits per heavy atom. The lowest BCUT2D eigenvalue weighted by molar-refractivity contribution is 0.624. The van der Waals surface area contributed by atoms with Crippen molar-refractivity contribution in [3.05, 3.63) is 12.2 Å². The molecule has 0 spiro atoms. The zero-order chi connectivity index (χ0) is 11.4. The molecule has 1 aliphatic carbocycles. The molecule has 0 amide bonds. The van der Waals surface area contributed by atoms with Crippen LogP contribution in [-0.2, 0) is 13.6 Å². The number of nitrogens with one attached hydrogen (secondary N) is 1. The first kappa shape index (κ1) is 10.9. The summed E-state index contributed by atoms with van der Waals surface area (Å²) in [4.78, 5) is 4.25. The van der Waals surface area contributed by atoms with E-state index in [0.717, 1.165) is 5.82 Å². The fraction of sp³-hybridized carbons (Fsp3) is 0.700. The van der Waals surface area contributed by atoms with E-state index in [1.54, 1.807) is 6.33 Å². The van der Waals surface area contributed by atoms with Gasteiger partial charge in [0.1, 0.15) is 12.9 Å². The normalized spacial score (nSPS) is 17.9. The van der Waals surface area contributed by atoms with Crippen LogP contribution in [0.3, 0.4) is 0 Å². The van der Waals surface area contributed by atoms with Crippen molar-refractivity contribution in [2.75, 3.05) is 0 Å². The van der Waals surface area contributed by atoms with Crippen LogP contribution in [-0.4, -0.2) is 26.8 Å². The predicted octanol–water partition coefficient (Wildman–Crippen LogP) is 0.162. The van der Waals surface area contributed by atoms with Gasteiger partial charge in [-0.25, -0.2) is 4.99 Å². The van der Waals surface area contributed by atoms with E-state index in [2.05, 4.69) is 20.5 Å². The first-order chi connectivity index (χ1) is 7.75. The molecule has 0 saturated heterocycles. The topological polar surface area (TPSA) is 81.1 Å². The minimum absolute atomic E-state index is 0.474. The van der Waals surface area contributed by atoms with Crippen molar-refractivity contribution >= 4 is 5.96 Å². The van der Waals surface area contributed by atoms with Gasteiger partial charge in [-0.3, -0.25) is 0 Å². The zero-order valence-corrected chi connectivity index (χ0v) is 9.56. The van der Waals surface area contributed by atoms with E-state index < -0.39 is 0 Å². The molecule has 16 heavy (non-hydrogen) atoms. The smallest absolute Gasteiger partial charge is 0.189 e. The summed E-state index contributed by atoms with van der Waals surface area (Å²) in [6.07, 6.45) is 6.62. The maximum absolute atomic E-state index is 5.80. The Balaban J connectivity index is 1.84. The predicted molar refractivity (Wildman–Crippen MR) is 61.7 cm³/mol. The van der Waals surface area contributed by atoms with Crippen molar-refractivity contribution in [3.63, 3.8) is 0 Å². The molecule has 6 heteroatoms. The van der Waals surface area contributed by atoms with Crippen LogP contribution in [0, 0.1) is 0 Å². The second-order valence-corrected chi connectivity index (χ2v) is 4.19. The molecule has 1 fully saturated rings. The number of aromatic nitrogens is 3. The van der Waals surface area contributed by atoms with Gasteiger partial charge in [-0.1, -0.05) is 12.8 Å². The third-order valence-electron chi connectivity index (χ3n) is 2.90. The zero-order valence-electron chi connectivity index (χ0n) is 9.56. The summed E-state index contributed by atoms with van der Waals surface area (Å²) in [5.74, 6) is 1.33.